The highest BCUT2D eigenvalue weighted by atomic mass is 32.2. The van der Waals surface area contributed by atoms with Crippen molar-refractivity contribution in [3.05, 3.63) is 24.0 Å². The Morgan fingerprint density at radius 2 is 2.17 bits per heavy atom. The standard InChI is InChI=1S/C10H13FN2O4S/c1-2-13-10(14)6-17-8-4-3-7(11)5-9(8)18(12,15)16/h3-5H,2,6H2,1H3,(H,13,14)(H2,12,15,16). The number of benzene rings is 1. The van der Waals surface area contributed by atoms with Crippen LogP contribution in [0, 0.1) is 5.82 Å². The number of likely N-dealkylation sites (N-methyl/N-ethyl adjacent to an activating group) is 1. The molecule has 0 radical (unpaired) electrons. The van der Waals surface area contributed by atoms with Crippen molar-refractivity contribution in [2.24, 2.45) is 5.14 Å². The summed E-state index contributed by atoms with van der Waals surface area (Å²) >= 11 is 0. The van der Waals surface area contributed by atoms with Crippen LogP contribution in [0.3, 0.4) is 0 Å². The van der Waals surface area contributed by atoms with E-state index in [1.807, 2.05) is 0 Å². The van der Waals surface area contributed by atoms with Crippen LogP contribution >= 0.6 is 0 Å². The highest BCUT2D eigenvalue weighted by Gasteiger charge is 2.17. The summed E-state index contributed by atoms with van der Waals surface area (Å²) < 4.78 is 40.4. The van der Waals surface area contributed by atoms with Crippen molar-refractivity contribution in [1.29, 1.82) is 0 Å². The average molecular weight is 276 g/mol. The van der Waals surface area contributed by atoms with Gasteiger partial charge in [-0.15, -0.1) is 0 Å². The molecule has 0 aliphatic rings. The van der Waals surface area contributed by atoms with Gasteiger partial charge in [0, 0.05) is 6.54 Å². The van der Waals surface area contributed by atoms with Crippen LogP contribution in [0.2, 0.25) is 0 Å². The summed E-state index contributed by atoms with van der Waals surface area (Å²) in [5.41, 5.74) is 0. The van der Waals surface area contributed by atoms with E-state index in [0.717, 1.165) is 18.2 Å². The number of hydrogen-bond donors (Lipinski definition) is 2. The van der Waals surface area contributed by atoms with E-state index >= 15 is 0 Å². The molecule has 0 saturated heterocycles. The molecule has 0 aliphatic carbocycles. The second-order valence-corrected chi connectivity index (χ2v) is 4.91. The first kappa shape index (κ1) is 14.4. The molecular formula is C10H13FN2O4S. The molecule has 100 valence electrons. The zero-order chi connectivity index (χ0) is 13.8. The molecule has 0 spiro atoms. The van der Waals surface area contributed by atoms with E-state index in [2.05, 4.69) is 5.32 Å². The molecule has 0 bridgehead atoms. The van der Waals surface area contributed by atoms with E-state index in [1.54, 1.807) is 6.92 Å². The van der Waals surface area contributed by atoms with Crippen LogP contribution in [0.4, 0.5) is 4.39 Å². The lowest BCUT2D eigenvalue weighted by Crippen LogP contribution is -2.28. The van der Waals surface area contributed by atoms with Crippen LogP contribution in [0.15, 0.2) is 23.1 Å². The molecule has 3 N–H and O–H groups in total. The fraction of sp³-hybridized carbons (Fsp3) is 0.300. The van der Waals surface area contributed by atoms with Gasteiger partial charge >= 0.3 is 0 Å². The maximum atomic E-state index is 12.9. The second kappa shape index (κ2) is 5.78. The summed E-state index contributed by atoms with van der Waals surface area (Å²) in [6, 6.07) is 2.86. The largest absolute Gasteiger partial charge is 0.482 e. The molecule has 8 heteroatoms. The summed E-state index contributed by atoms with van der Waals surface area (Å²) in [6.07, 6.45) is 0. The van der Waals surface area contributed by atoms with Crippen LogP contribution in [0.25, 0.3) is 0 Å². The molecule has 0 fully saturated rings. The van der Waals surface area contributed by atoms with Gasteiger partial charge in [0.1, 0.15) is 16.5 Å². The molecule has 1 aromatic rings. The number of nitrogens with one attached hydrogen (secondary N) is 1. The Kier molecular flexibility index (Phi) is 4.62. The van der Waals surface area contributed by atoms with Gasteiger partial charge in [0.25, 0.3) is 5.91 Å². The smallest absolute Gasteiger partial charge is 0.257 e. The van der Waals surface area contributed by atoms with E-state index < -0.39 is 26.6 Å². The third-order valence-corrected chi connectivity index (χ3v) is 2.88. The summed E-state index contributed by atoms with van der Waals surface area (Å²) in [6.45, 7) is 1.78. The molecule has 0 unspecified atom stereocenters. The summed E-state index contributed by atoms with van der Waals surface area (Å²) in [5, 5.41) is 7.38. The Bertz CT molecular complexity index is 545. The maximum absolute atomic E-state index is 12.9. The highest BCUT2D eigenvalue weighted by Crippen LogP contribution is 2.23. The third-order valence-electron chi connectivity index (χ3n) is 1.94. The topological polar surface area (TPSA) is 98.5 Å². The van der Waals surface area contributed by atoms with Crippen molar-refractivity contribution in [2.45, 2.75) is 11.8 Å². The predicted octanol–water partition coefficient (Wildman–Crippen LogP) is -0.0120. The van der Waals surface area contributed by atoms with Gasteiger partial charge in [-0.25, -0.2) is 17.9 Å². The number of rotatable bonds is 5. The second-order valence-electron chi connectivity index (χ2n) is 3.38. The van der Waals surface area contributed by atoms with Gasteiger partial charge in [-0.1, -0.05) is 0 Å². The highest BCUT2D eigenvalue weighted by molar-refractivity contribution is 7.89. The Balaban J connectivity index is 2.93. The minimum atomic E-state index is -4.11. The molecule has 0 saturated carbocycles. The van der Waals surface area contributed by atoms with Crippen molar-refractivity contribution in [3.8, 4) is 5.75 Å². The first-order valence-electron chi connectivity index (χ1n) is 5.06. The Morgan fingerprint density at radius 3 is 2.72 bits per heavy atom. The van der Waals surface area contributed by atoms with E-state index in [0.29, 0.717) is 6.54 Å². The molecular weight excluding hydrogens is 263 g/mol. The molecule has 1 rings (SSSR count). The molecule has 1 amide bonds. The van der Waals surface area contributed by atoms with Crippen molar-refractivity contribution < 1.29 is 22.3 Å². The fourth-order valence-electron chi connectivity index (χ4n) is 1.21. The Labute approximate surface area is 104 Å². The van der Waals surface area contributed by atoms with Gasteiger partial charge in [0.2, 0.25) is 10.0 Å². The van der Waals surface area contributed by atoms with E-state index in [9.17, 15) is 17.6 Å². The minimum Gasteiger partial charge on any atom is -0.482 e. The molecule has 0 atom stereocenters. The number of hydrogen-bond acceptors (Lipinski definition) is 4. The van der Waals surface area contributed by atoms with E-state index in [-0.39, 0.29) is 12.4 Å². The maximum Gasteiger partial charge on any atom is 0.257 e. The normalized spacial score (nSPS) is 11.1. The van der Waals surface area contributed by atoms with Crippen LogP contribution in [-0.2, 0) is 14.8 Å². The van der Waals surface area contributed by atoms with Gasteiger partial charge in [-0.05, 0) is 25.1 Å². The zero-order valence-corrected chi connectivity index (χ0v) is 10.5. The molecule has 1 aromatic carbocycles. The average Bonchev–Trinajstić information content (AvgIpc) is 2.26. The van der Waals surface area contributed by atoms with Crippen molar-refractivity contribution in [2.75, 3.05) is 13.2 Å². The Hall–Kier alpha value is -1.67. The third kappa shape index (κ3) is 3.97. The minimum absolute atomic E-state index is 0.162. The first-order valence-corrected chi connectivity index (χ1v) is 6.61. The first-order chi connectivity index (χ1) is 8.34. The van der Waals surface area contributed by atoms with Gasteiger partial charge in [0.05, 0.1) is 0 Å². The van der Waals surface area contributed by atoms with E-state index in [1.165, 1.54) is 0 Å². The lowest BCUT2D eigenvalue weighted by Gasteiger charge is -2.09. The van der Waals surface area contributed by atoms with Gasteiger partial charge in [-0.2, -0.15) is 0 Å². The number of carbonyl (C=O) groups is 1. The molecule has 0 heterocycles. The lowest BCUT2D eigenvalue weighted by molar-refractivity contribution is -0.123. The SMILES string of the molecule is CCNC(=O)COc1ccc(F)cc1S(N)(=O)=O. The quantitative estimate of drug-likeness (QED) is 0.790. The summed E-state index contributed by atoms with van der Waals surface area (Å²) in [5.74, 6) is -1.34. The van der Waals surface area contributed by atoms with Crippen LogP contribution in [-0.4, -0.2) is 27.5 Å². The number of carbonyl (C=O) groups excluding carboxylic acids is 1. The van der Waals surface area contributed by atoms with Gasteiger partial charge in [-0.3, -0.25) is 4.79 Å². The van der Waals surface area contributed by atoms with Gasteiger partial charge < -0.3 is 10.1 Å². The number of primary sulfonamides is 1. The fourth-order valence-corrected chi connectivity index (χ4v) is 1.90. The molecule has 0 aromatic heterocycles. The number of sulfonamides is 1. The number of halogens is 1. The van der Waals surface area contributed by atoms with Crippen LogP contribution < -0.4 is 15.2 Å². The molecule has 0 aliphatic heterocycles. The number of ether oxygens (including phenoxy) is 1. The van der Waals surface area contributed by atoms with Gasteiger partial charge in [0.15, 0.2) is 6.61 Å². The monoisotopic (exact) mass is 276 g/mol. The summed E-state index contributed by atoms with van der Waals surface area (Å²) in [7, 11) is -4.11. The van der Waals surface area contributed by atoms with Crippen molar-refractivity contribution in [1.82, 2.24) is 5.32 Å². The van der Waals surface area contributed by atoms with Crippen molar-refractivity contribution in [3.63, 3.8) is 0 Å². The van der Waals surface area contributed by atoms with Crippen LogP contribution in [0.1, 0.15) is 6.92 Å². The number of nitrogens with two attached hydrogens (primary N) is 1. The zero-order valence-electron chi connectivity index (χ0n) is 9.64. The molecule has 6 nitrogen and oxygen atoms in total. The predicted molar refractivity (Wildman–Crippen MR) is 62.0 cm³/mol. The molecule has 18 heavy (non-hydrogen) atoms. The lowest BCUT2D eigenvalue weighted by atomic mass is 10.3. The van der Waals surface area contributed by atoms with E-state index in [4.69, 9.17) is 9.88 Å². The number of amides is 1. The van der Waals surface area contributed by atoms with Crippen LogP contribution in [0.5, 0.6) is 5.75 Å². The van der Waals surface area contributed by atoms with Crippen molar-refractivity contribution >= 4 is 15.9 Å². The Morgan fingerprint density at radius 1 is 1.50 bits per heavy atom. The summed E-state index contributed by atoms with van der Waals surface area (Å²) in [4.78, 5) is 10.7.